The number of benzene rings is 1. The Morgan fingerprint density at radius 2 is 2.09 bits per heavy atom. The van der Waals surface area contributed by atoms with Crippen molar-refractivity contribution >= 4 is 22.6 Å². The summed E-state index contributed by atoms with van der Waals surface area (Å²) in [6.07, 6.45) is 0. The van der Waals surface area contributed by atoms with E-state index in [1.165, 1.54) is 6.07 Å². The van der Waals surface area contributed by atoms with E-state index in [9.17, 15) is 19.7 Å². The first-order valence-corrected chi connectivity index (χ1v) is 7.05. The van der Waals surface area contributed by atoms with E-state index in [1.807, 2.05) is 0 Å². The number of aryl methyl sites for hydroxylation is 1. The van der Waals surface area contributed by atoms with Crippen LogP contribution in [0.5, 0.6) is 0 Å². The maximum atomic E-state index is 12.2. The third-order valence-corrected chi connectivity index (χ3v) is 3.60. The molecular formula is C15H17N3O5. The third-order valence-electron chi connectivity index (χ3n) is 3.60. The zero-order valence-electron chi connectivity index (χ0n) is 13.3. The lowest BCUT2D eigenvalue weighted by Gasteiger charge is -2.22. The standard InChI is InChI=1S/C15H17N3O5/c1-5-23-14(20)15(3,4)10-7-11-9(6-12(10)18(21)22)13(19)17-8(2)16-11/h6-7H,5H2,1-4H3,(H,16,17,19). The lowest BCUT2D eigenvalue weighted by Crippen LogP contribution is -2.32. The number of hydrogen-bond acceptors (Lipinski definition) is 6. The fraction of sp³-hybridized carbons (Fsp3) is 0.400. The molecule has 0 fully saturated rings. The fourth-order valence-corrected chi connectivity index (χ4v) is 2.36. The molecule has 0 aliphatic rings. The summed E-state index contributed by atoms with van der Waals surface area (Å²) >= 11 is 0. The average Bonchev–Trinajstić information content (AvgIpc) is 2.45. The number of rotatable bonds is 4. The molecule has 1 N–H and O–H groups in total. The molecule has 122 valence electrons. The number of nitrogens with one attached hydrogen (secondary N) is 1. The summed E-state index contributed by atoms with van der Waals surface area (Å²) in [4.78, 5) is 41.6. The van der Waals surface area contributed by atoms with Crippen molar-refractivity contribution < 1.29 is 14.5 Å². The van der Waals surface area contributed by atoms with Crippen LogP contribution in [0.25, 0.3) is 10.9 Å². The van der Waals surface area contributed by atoms with E-state index in [-0.39, 0.29) is 23.2 Å². The van der Waals surface area contributed by atoms with Gasteiger partial charge in [-0.25, -0.2) is 4.98 Å². The molecule has 0 saturated heterocycles. The molecule has 0 radical (unpaired) electrons. The molecule has 1 heterocycles. The molecule has 8 heteroatoms. The number of H-pyrrole nitrogens is 1. The number of carbonyl (C=O) groups is 1. The maximum Gasteiger partial charge on any atom is 0.316 e. The van der Waals surface area contributed by atoms with Crippen molar-refractivity contribution in [3.05, 3.63) is 44.0 Å². The molecule has 1 aromatic carbocycles. The highest BCUT2D eigenvalue weighted by Gasteiger charge is 2.38. The summed E-state index contributed by atoms with van der Waals surface area (Å²) in [7, 11) is 0. The van der Waals surface area contributed by atoms with Crippen LogP contribution >= 0.6 is 0 Å². The van der Waals surface area contributed by atoms with Crippen molar-refractivity contribution in [3.63, 3.8) is 0 Å². The molecule has 0 unspecified atom stereocenters. The first kappa shape index (κ1) is 16.6. The van der Waals surface area contributed by atoms with Crippen LogP contribution in [0, 0.1) is 17.0 Å². The van der Waals surface area contributed by atoms with Gasteiger partial charge in [-0.05, 0) is 33.8 Å². The summed E-state index contributed by atoms with van der Waals surface area (Å²) in [5.74, 6) is -0.194. The summed E-state index contributed by atoms with van der Waals surface area (Å²) in [5.41, 5.74) is -1.57. The number of nitrogens with zero attached hydrogens (tertiary/aromatic N) is 2. The monoisotopic (exact) mass is 319 g/mol. The molecular weight excluding hydrogens is 302 g/mol. The lowest BCUT2D eigenvalue weighted by molar-refractivity contribution is -0.385. The second kappa shape index (κ2) is 5.79. The Morgan fingerprint density at radius 3 is 2.65 bits per heavy atom. The fourth-order valence-electron chi connectivity index (χ4n) is 2.36. The average molecular weight is 319 g/mol. The Bertz CT molecular complexity index is 854. The topological polar surface area (TPSA) is 115 Å². The molecule has 1 aromatic heterocycles. The number of nitro benzene ring substituents is 1. The minimum absolute atomic E-state index is 0.103. The van der Waals surface area contributed by atoms with Gasteiger partial charge in [-0.1, -0.05) is 0 Å². The van der Waals surface area contributed by atoms with Gasteiger partial charge in [0.25, 0.3) is 11.2 Å². The number of aromatic nitrogens is 2. The molecule has 0 bridgehead atoms. The molecule has 0 aliphatic carbocycles. The van der Waals surface area contributed by atoms with E-state index in [0.29, 0.717) is 11.3 Å². The summed E-state index contributed by atoms with van der Waals surface area (Å²) in [6, 6.07) is 2.56. The van der Waals surface area contributed by atoms with E-state index < -0.39 is 21.9 Å². The highest BCUT2D eigenvalue weighted by atomic mass is 16.6. The second-order valence-electron chi connectivity index (χ2n) is 5.64. The van der Waals surface area contributed by atoms with Gasteiger partial charge in [0, 0.05) is 11.6 Å². The quantitative estimate of drug-likeness (QED) is 0.523. The number of esters is 1. The maximum absolute atomic E-state index is 12.2. The first-order chi connectivity index (χ1) is 10.7. The number of aromatic amines is 1. The van der Waals surface area contributed by atoms with Crippen molar-refractivity contribution in [2.24, 2.45) is 0 Å². The van der Waals surface area contributed by atoms with Gasteiger partial charge in [0.2, 0.25) is 0 Å². The van der Waals surface area contributed by atoms with Gasteiger partial charge < -0.3 is 9.72 Å². The predicted octanol–water partition coefficient (Wildman–Crippen LogP) is 1.98. The normalized spacial score (nSPS) is 11.5. The smallest absolute Gasteiger partial charge is 0.316 e. The number of ether oxygens (including phenoxy) is 1. The molecule has 8 nitrogen and oxygen atoms in total. The molecule has 23 heavy (non-hydrogen) atoms. The number of carbonyl (C=O) groups excluding carboxylic acids is 1. The molecule has 2 rings (SSSR count). The largest absolute Gasteiger partial charge is 0.465 e. The third kappa shape index (κ3) is 2.92. The van der Waals surface area contributed by atoms with Gasteiger partial charge in [0.05, 0.1) is 27.8 Å². The van der Waals surface area contributed by atoms with Crippen molar-refractivity contribution in [1.29, 1.82) is 0 Å². The van der Waals surface area contributed by atoms with Crippen molar-refractivity contribution in [2.45, 2.75) is 33.1 Å². The van der Waals surface area contributed by atoms with Crippen LogP contribution < -0.4 is 5.56 Å². The van der Waals surface area contributed by atoms with E-state index in [0.717, 1.165) is 6.07 Å². The van der Waals surface area contributed by atoms with Gasteiger partial charge in [0.15, 0.2) is 0 Å². The Hall–Kier alpha value is -2.77. The van der Waals surface area contributed by atoms with Crippen LogP contribution in [0.4, 0.5) is 5.69 Å². The predicted molar refractivity (Wildman–Crippen MR) is 83.4 cm³/mol. The minimum Gasteiger partial charge on any atom is -0.465 e. The number of nitro groups is 1. The van der Waals surface area contributed by atoms with Crippen LogP contribution in [0.1, 0.15) is 32.2 Å². The Labute approximate surface area is 131 Å². The Kier molecular flexibility index (Phi) is 4.18. The zero-order valence-corrected chi connectivity index (χ0v) is 13.3. The minimum atomic E-state index is -1.25. The highest BCUT2D eigenvalue weighted by molar-refractivity contribution is 5.88. The van der Waals surface area contributed by atoms with E-state index in [4.69, 9.17) is 4.74 Å². The summed E-state index contributed by atoms with van der Waals surface area (Å²) in [5, 5.41) is 11.5. The second-order valence-corrected chi connectivity index (χ2v) is 5.64. The number of fused-ring (bicyclic) bond motifs is 1. The molecule has 0 spiro atoms. The summed E-state index contributed by atoms with van der Waals surface area (Å²) in [6.45, 7) is 6.52. The Morgan fingerprint density at radius 1 is 1.43 bits per heavy atom. The van der Waals surface area contributed by atoms with Crippen molar-refractivity contribution in [2.75, 3.05) is 6.61 Å². The van der Waals surface area contributed by atoms with E-state index in [1.54, 1.807) is 27.7 Å². The lowest BCUT2D eigenvalue weighted by atomic mass is 9.83. The SMILES string of the molecule is CCOC(=O)C(C)(C)c1cc2nc(C)[nH]c(=O)c2cc1[N+](=O)[O-]. The van der Waals surface area contributed by atoms with Gasteiger partial charge >= 0.3 is 5.97 Å². The van der Waals surface area contributed by atoms with Crippen LogP contribution in [0.2, 0.25) is 0 Å². The number of hydrogen-bond donors (Lipinski definition) is 1. The van der Waals surface area contributed by atoms with Crippen LogP contribution in [-0.2, 0) is 14.9 Å². The van der Waals surface area contributed by atoms with Gasteiger partial charge in [-0.3, -0.25) is 19.7 Å². The van der Waals surface area contributed by atoms with Crippen LogP contribution in [-0.4, -0.2) is 27.5 Å². The van der Waals surface area contributed by atoms with Gasteiger partial charge in [0.1, 0.15) is 5.82 Å². The molecule has 2 aromatic rings. The van der Waals surface area contributed by atoms with Crippen LogP contribution in [0.3, 0.4) is 0 Å². The Balaban J connectivity index is 2.81. The first-order valence-electron chi connectivity index (χ1n) is 7.05. The summed E-state index contributed by atoms with van der Waals surface area (Å²) < 4.78 is 5.01. The van der Waals surface area contributed by atoms with Gasteiger partial charge in [-0.2, -0.15) is 0 Å². The van der Waals surface area contributed by atoms with E-state index >= 15 is 0 Å². The van der Waals surface area contributed by atoms with E-state index in [2.05, 4.69) is 9.97 Å². The van der Waals surface area contributed by atoms with Crippen molar-refractivity contribution in [1.82, 2.24) is 9.97 Å². The van der Waals surface area contributed by atoms with Crippen molar-refractivity contribution in [3.8, 4) is 0 Å². The molecule has 0 aliphatic heterocycles. The molecule has 0 atom stereocenters. The zero-order chi connectivity index (χ0) is 17.4. The van der Waals surface area contributed by atoms with Gasteiger partial charge in [-0.15, -0.1) is 0 Å². The molecule has 0 saturated carbocycles. The molecule has 0 amide bonds. The van der Waals surface area contributed by atoms with Crippen LogP contribution in [0.15, 0.2) is 16.9 Å². The highest BCUT2D eigenvalue weighted by Crippen LogP contribution is 2.34.